The van der Waals surface area contributed by atoms with Crippen LogP contribution >= 0.6 is 24.4 Å². The first-order valence-electron chi connectivity index (χ1n) is 7.65. The molecule has 1 atom stereocenters. The van der Waals surface area contributed by atoms with Crippen molar-refractivity contribution in [1.82, 2.24) is 5.32 Å². The van der Waals surface area contributed by atoms with Gasteiger partial charge in [0.05, 0.1) is 4.91 Å². The Hall–Kier alpha value is -1.07. The molecule has 1 aromatic rings. The van der Waals surface area contributed by atoms with Gasteiger partial charge >= 0.3 is 0 Å². The smallest absolute Gasteiger partial charge is 0.259 e. The summed E-state index contributed by atoms with van der Waals surface area (Å²) in [4.78, 5) is 12.6. The third kappa shape index (κ3) is 4.07. The van der Waals surface area contributed by atoms with Crippen molar-refractivity contribution in [1.29, 1.82) is 0 Å². The Morgan fingerprint density at radius 3 is 1.96 bits per heavy atom. The minimum Gasteiger partial charge on any atom is -0.507 e. The van der Waals surface area contributed by atoms with E-state index in [9.17, 15) is 9.90 Å². The molecule has 0 spiro atoms. The number of hydrogen-bond acceptors (Lipinski definition) is 4. The van der Waals surface area contributed by atoms with Crippen LogP contribution in [0.2, 0.25) is 0 Å². The van der Waals surface area contributed by atoms with E-state index in [1.54, 1.807) is 0 Å². The predicted octanol–water partition coefficient (Wildman–Crippen LogP) is 4.40. The van der Waals surface area contributed by atoms with Crippen LogP contribution in [-0.4, -0.2) is 15.7 Å². The maximum atomic E-state index is 11.9. The first-order valence-corrected chi connectivity index (χ1v) is 9.04. The van der Waals surface area contributed by atoms with Crippen molar-refractivity contribution in [3.8, 4) is 5.75 Å². The molecule has 1 amide bonds. The lowest BCUT2D eigenvalue weighted by molar-refractivity contribution is -0.116. The molecule has 2 rings (SSSR count). The number of phenols is 1. The largest absolute Gasteiger partial charge is 0.507 e. The fourth-order valence-corrected chi connectivity index (χ4v) is 3.76. The van der Waals surface area contributed by atoms with Crippen LogP contribution in [0.15, 0.2) is 17.0 Å². The highest BCUT2D eigenvalue weighted by molar-refractivity contribution is 8.14. The van der Waals surface area contributed by atoms with Gasteiger partial charge in [-0.15, -0.1) is 12.6 Å². The molecule has 23 heavy (non-hydrogen) atoms. The van der Waals surface area contributed by atoms with Crippen LogP contribution in [0.3, 0.4) is 0 Å². The fourth-order valence-electron chi connectivity index (χ4n) is 2.52. The second-order valence-electron chi connectivity index (χ2n) is 7.92. The standard InChI is InChI=1S/C18H25NO2S2/c1-17(2,3)11-7-10(8-12(14(11)20)18(4,5)6)9-13-15(21)19-16(22)23-13/h7-9,16,20,22H,1-6H3,(H,19,21)/b13-9-. The molecule has 0 radical (unpaired) electrons. The second kappa shape index (κ2) is 6.10. The van der Waals surface area contributed by atoms with Gasteiger partial charge in [0.1, 0.15) is 10.5 Å². The third-order valence-electron chi connectivity index (χ3n) is 3.76. The van der Waals surface area contributed by atoms with E-state index in [0.717, 1.165) is 16.7 Å². The van der Waals surface area contributed by atoms with Crippen LogP contribution in [0, 0.1) is 0 Å². The van der Waals surface area contributed by atoms with E-state index in [1.807, 2.05) is 18.2 Å². The Kier molecular flexibility index (Phi) is 4.84. The summed E-state index contributed by atoms with van der Waals surface area (Å²) in [5.74, 6) is 0.250. The van der Waals surface area contributed by atoms with Crippen LogP contribution in [-0.2, 0) is 15.6 Å². The number of nitrogens with one attached hydrogen (secondary N) is 1. The average molecular weight is 352 g/mol. The number of amides is 1. The van der Waals surface area contributed by atoms with Crippen molar-refractivity contribution in [2.75, 3.05) is 0 Å². The lowest BCUT2D eigenvalue weighted by atomic mass is 9.78. The van der Waals surface area contributed by atoms with Crippen LogP contribution in [0.1, 0.15) is 58.2 Å². The molecule has 1 aliphatic rings. The van der Waals surface area contributed by atoms with Crippen molar-refractivity contribution in [3.63, 3.8) is 0 Å². The Bertz CT molecular complexity index is 632. The van der Waals surface area contributed by atoms with Gasteiger partial charge < -0.3 is 10.4 Å². The molecule has 0 bridgehead atoms. The normalized spacial score (nSPS) is 20.9. The topological polar surface area (TPSA) is 49.3 Å². The van der Waals surface area contributed by atoms with Gasteiger partial charge in [0.2, 0.25) is 0 Å². The number of carbonyl (C=O) groups is 1. The first-order chi connectivity index (χ1) is 10.4. The summed E-state index contributed by atoms with van der Waals surface area (Å²) in [5.41, 5.74) is 2.34. The van der Waals surface area contributed by atoms with Gasteiger partial charge in [-0.3, -0.25) is 4.79 Å². The molecule has 1 aromatic carbocycles. The van der Waals surface area contributed by atoms with Gasteiger partial charge in [0, 0.05) is 11.1 Å². The van der Waals surface area contributed by atoms with E-state index in [0.29, 0.717) is 10.7 Å². The SMILES string of the molecule is CC(C)(C)c1cc(/C=C2\SC(S)NC2=O)cc(C(C)(C)C)c1O. The molecule has 1 aliphatic heterocycles. The Morgan fingerprint density at radius 1 is 1.13 bits per heavy atom. The molecule has 1 heterocycles. The first kappa shape index (κ1) is 18.3. The Morgan fingerprint density at radius 2 is 1.61 bits per heavy atom. The quantitative estimate of drug-likeness (QED) is 0.519. The molecular formula is C18H25NO2S2. The zero-order valence-electron chi connectivity index (χ0n) is 14.5. The van der Waals surface area contributed by atoms with Gasteiger partial charge in [0.25, 0.3) is 5.91 Å². The van der Waals surface area contributed by atoms with Crippen molar-refractivity contribution in [2.24, 2.45) is 0 Å². The molecule has 1 unspecified atom stereocenters. The molecule has 0 saturated carbocycles. The highest BCUT2D eigenvalue weighted by atomic mass is 32.2. The number of aromatic hydroxyl groups is 1. The minimum absolute atomic E-state index is 0.0994. The summed E-state index contributed by atoms with van der Waals surface area (Å²) in [7, 11) is 0. The molecule has 0 aliphatic carbocycles. The number of thiol groups is 1. The van der Waals surface area contributed by atoms with E-state index in [1.165, 1.54) is 11.8 Å². The zero-order valence-corrected chi connectivity index (χ0v) is 16.2. The van der Waals surface area contributed by atoms with Gasteiger partial charge in [-0.25, -0.2) is 0 Å². The van der Waals surface area contributed by atoms with E-state index in [2.05, 4.69) is 59.5 Å². The van der Waals surface area contributed by atoms with Gasteiger partial charge in [-0.2, -0.15) is 0 Å². The summed E-state index contributed by atoms with van der Waals surface area (Å²) < 4.78 is -0.199. The zero-order chi connectivity index (χ0) is 17.6. The van der Waals surface area contributed by atoms with E-state index >= 15 is 0 Å². The van der Waals surface area contributed by atoms with Crippen molar-refractivity contribution < 1.29 is 9.90 Å². The maximum Gasteiger partial charge on any atom is 0.259 e. The van der Waals surface area contributed by atoms with Crippen LogP contribution in [0.5, 0.6) is 5.75 Å². The maximum absolute atomic E-state index is 11.9. The molecule has 2 N–H and O–H groups in total. The highest BCUT2D eigenvalue weighted by Crippen LogP contribution is 2.41. The molecule has 1 saturated heterocycles. The summed E-state index contributed by atoms with van der Waals surface area (Å²) in [6.45, 7) is 12.5. The van der Waals surface area contributed by atoms with Gasteiger partial charge in [-0.1, -0.05) is 53.3 Å². The Balaban J connectivity index is 2.61. The molecule has 3 nitrogen and oxygen atoms in total. The van der Waals surface area contributed by atoms with Crippen LogP contribution in [0.25, 0.3) is 6.08 Å². The monoisotopic (exact) mass is 351 g/mol. The molecule has 1 fully saturated rings. The molecule has 0 aromatic heterocycles. The summed E-state index contributed by atoms with van der Waals surface area (Å²) in [6.07, 6.45) is 1.88. The van der Waals surface area contributed by atoms with Crippen molar-refractivity contribution in [3.05, 3.63) is 33.7 Å². The van der Waals surface area contributed by atoms with Gasteiger partial charge in [-0.05, 0) is 34.6 Å². The molecule has 126 valence electrons. The summed E-state index contributed by atoms with van der Waals surface area (Å²) >= 11 is 5.68. The number of hydrogen-bond donors (Lipinski definition) is 3. The second-order valence-corrected chi connectivity index (χ2v) is 9.93. The van der Waals surface area contributed by atoms with Gasteiger partial charge in [0.15, 0.2) is 0 Å². The highest BCUT2D eigenvalue weighted by Gasteiger charge is 2.28. The number of carbonyl (C=O) groups excluding carboxylic acids is 1. The molecular weight excluding hydrogens is 326 g/mol. The predicted molar refractivity (Wildman–Crippen MR) is 102 cm³/mol. The Labute approximate surface area is 148 Å². The minimum atomic E-state index is -0.199. The van der Waals surface area contributed by atoms with E-state index in [-0.39, 0.29) is 21.4 Å². The lowest BCUT2D eigenvalue weighted by Crippen LogP contribution is -2.19. The summed E-state index contributed by atoms with van der Waals surface area (Å²) in [5, 5.41) is 13.5. The third-order valence-corrected chi connectivity index (χ3v) is 5.11. The lowest BCUT2D eigenvalue weighted by Gasteiger charge is -2.28. The van der Waals surface area contributed by atoms with Crippen LogP contribution in [0.4, 0.5) is 0 Å². The van der Waals surface area contributed by atoms with Crippen molar-refractivity contribution in [2.45, 2.75) is 57.1 Å². The van der Waals surface area contributed by atoms with E-state index < -0.39 is 0 Å². The fraction of sp³-hybridized carbons (Fsp3) is 0.500. The molecule has 5 heteroatoms. The summed E-state index contributed by atoms with van der Waals surface area (Å²) in [6, 6.07) is 3.94. The number of rotatable bonds is 1. The number of thioether (sulfide) groups is 1. The number of benzene rings is 1. The number of phenolic OH excluding ortho intramolecular Hbond substituents is 1. The van der Waals surface area contributed by atoms with Crippen LogP contribution < -0.4 is 5.32 Å². The average Bonchev–Trinajstić information content (AvgIpc) is 2.67. The van der Waals surface area contributed by atoms with Crippen molar-refractivity contribution >= 4 is 36.4 Å². The van der Waals surface area contributed by atoms with E-state index in [4.69, 9.17) is 0 Å².